The number of guanidine groups is 1. The van der Waals surface area contributed by atoms with Gasteiger partial charge in [0.25, 0.3) is 0 Å². The number of hydrogen-bond acceptors (Lipinski definition) is 4. The number of aliphatic imine (C=N–C) groups is 1. The Morgan fingerprint density at radius 3 is 2.75 bits per heavy atom. The van der Waals surface area contributed by atoms with Gasteiger partial charge in [0.05, 0.1) is 0 Å². The third kappa shape index (κ3) is 6.00. The van der Waals surface area contributed by atoms with Crippen LogP contribution >= 0.6 is 0 Å². The number of piperidine rings is 1. The molecule has 0 atom stereocenters. The summed E-state index contributed by atoms with van der Waals surface area (Å²) in [6.45, 7) is 6.88. The van der Waals surface area contributed by atoms with Crippen LogP contribution in [0.2, 0.25) is 0 Å². The van der Waals surface area contributed by atoms with Gasteiger partial charge in [-0.2, -0.15) is 0 Å². The lowest BCUT2D eigenvalue weighted by Gasteiger charge is -2.31. The second-order valence-electron chi connectivity index (χ2n) is 6.39. The Morgan fingerprint density at radius 2 is 2.12 bits per heavy atom. The Bertz CT molecular complexity index is 495. The molecule has 134 valence electrons. The normalized spacial score (nSPS) is 16.3. The number of pyridine rings is 1. The van der Waals surface area contributed by atoms with E-state index < -0.39 is 0 Å². The summed E-state index contributed by atoms with van der Waals surface area (Å²) in [7, 11) is 3.50. The van der Waals surface area contributed by atoms with E-state index in [0.29, 0.717) is 6.54 Å². The van der Waals surface area contributed by atoms with E-state index in [-0.39, 0.29) is 0 Å². The summed E-state index contributed by atoms with van der Waals surface area (Å²) in [6, 6.07) is 4.27. The molecular weight excluding hydrogens is 302 g/mol. The topological polar surface area (TPSA) is 61.8 Å². The summed E-state index contributed by atoms with van der Waals surface area (Å²) >= 11 is 0. The molecule has 2 rings (SSSR count). The molecule has 2 N–H and O–H groups in total. The van der Waals surface area contributed by atoms with Gasteiger partial charge in [-0.3, -0.25) is 4.99 Å². The zero-order valence-electron chi connectivity index (χ0n) is 15.2. The summed E-state index contributed by atoms with van der Waals surface area (Å²) in [4.78, 5) is 11.2. The fraction of sp³-hybridized carbons (Fsp3) is 0.667. The first kappa shape index (κ1) is 18.5. The van der Waals surface area contributed by atoms with E-state index in [1.807, 2.05) is 6.20 Å². The van der Waals surface area contributed by atoms with Gasteiger partial charge in [0.2, 0.25) is 0 Å². The van der Waals surface area contributed by atoms with Crippen molar-refractivity contribution in [3.8, 4) is 0 Å². The van der Waals surface area contributed by atoms with Crippen molar-refractivity contribution >= 4 is 11.8 Å². The van der Waals surface area contributed by atoms with Gasteiger partial charge in [-0.1, -0.05) is 13.0 Å². The van der Waals surface area contributed by atoms with Crippen molar-refractivity contribution in [3.63, 3.8) is 0 Å². The maximum Gasteiger partial charge on any atom is 0.191 e. The number of hydrogen-bond donors (Lipinski definition) is 2. The molecule has 0 amide bonds. The first-order valence-electron chi connectivity index (χ1n) is 8.86. The maximum atomic E-state index is 5.04. The number of anilines is 1. The molecule has 1 saturated heterocycles. The monoisotopic (exact) mass is 333 g/mol. The van der Waals surface area contributed by atoms with Crippen molar-refractivity contribution in [1.29, 1.82) is 0 Å². The summed E-state index contributed by atoms with van der Waals surface area (Å²) in [5, 5.41) is 6.58. The van der Waals surface area contributed by atoms with Gasteiger partial charge in [-0.25, -0.2) is 4.98 Å². The van der Waals surface area contributed by atoms with Crippen LogP contribution in [0.1, 0.15) is 31.7 Å². The van der Waals surface area contributed by atoms with Gasteiger partial charge in [0.15, 0.2) is 5.96 Å². The molecule has 0 radical (unpaired) electrons. The zero-order chi connectivity index (χ0) is 17.2. The van der Waals surface area contributed by atoms with Crippen molar-refractivity contribution in [3.05, 3.63) is 23.9 Å². The van der Waals surface area contributed by atoms with Crippen LogP contribution in [-0.4, -0.2) is 51.3 Å². The number of aromatic nitrogens is 1. The zero-order valence-corrected chi connectivity index (χ0v) is 15.2. The highest BCUT2D eigenvalue weighted by molar-refractivity contribution is 5.79. The molecule has 0 unspecified atom stereocenters. The van der Waals surface area contributed by atoms with E-state index >= 15 is 0 Å². The van der Waals surface area contributed by atoms with Crippen LogP contribution in [0, 0.1) is 5.92 Å². The maximum absolute atomic E-state index is 5.04. The first-order chi connectivity index (χ1) is 11.7. The van der Waals surface area contributed by atoms with E-state index in [9.17, 15) is 0 Å². The molecule has 6 nitrogen and oxygen atoms in total. The molecule has 1 fully saturated rings. The molecule has 24 heavy (non-hydrogen) atoms. The highest BCUT2D eigenvalue weighted by Gasteiger charge is 2.16. The number of nitrogens with one attached hydrogen (secondary N) is 2. The Labute approximate surface area is 145 Å². The van der Waals surface area contributed by atoms with Gasteiger partial charge < -0.3 is 20.3 Å². The van der Waals surface area contributed by atoms with Gasteiger partial charge in [-0.15, -0.1) is 0 Å². The molecule has 6 heteroatoms. The van der Waals surface area contributed by atoms with E-state index in [4.69, 9.17) is 4.74 Å². The molecule has 1 aromatic rings. The molecule has 0 saturated carbocycles. The molecule has 1 aliphatic rings. The van der Waals surface area contributed by atoms with Crippen molar-refractivity contribution in [2.75, 3.05) is 45.3 Å². The minimum absolute atomic E-state index is 0.717. The summed E-state index contributed by atoms with van der Waals surface area (Å²) < 4.78 is 5.04. The van der Waals surface area contributed by atoms with Gasteiger partial charge in [0.1, 0.15) is 5.82 Å². The highest BCUT2D eigenvalue weighted by atomic mass is 16.5. The second kappa shape index (κ2) is 10.1. The fourth-order valence-electron chi connectivity index (χ4n) is 2.78. The molecule has 1 aromatic heterocycles. The SMILES string of the molecule is CN=C(NCCCOC)NCc1ccc(N2CCC(C)CC2)nc1. The van der Waals surface area contributed by atoms with E-state index in [2.05, 4.69) is 44.6 Å². The number of methoxy groups -OCH3 is 1. The standard InChI is InChI=1S/C18H31N5O/c1-15-7-10-23(11-8-15)17-6-5-16(13-21-17)14-22-18(19-2)20-9-4-12-24-3/h5-6,13,15H,4,7-12,14H2,1-3H3,(H2,19,20,22). The minimum atomic E-state index is 0.717. The van der Waals surface area contributed by atoms with Crippen molar-refractivity contribution < 1.29 is 4.74 Å². The Balaban J connectivity index is 1.76. The van der Waals surface area contributed by atoms with E-state index in [0.717, 1.165) is 55.9 Å². The van der Waals surface area contributed by atoms with Gasteiger partial charge >= 0.3 is 0 Å². The predicted molar refractivity (Wildman–Crippen MR) is 99.5 cm³/mol. The van der Waals surface area contributed by atoms with Gasteiger partial charge in [-0.05, 0) is 36.8 Å². The Morgan fingerprint density at radius 1 is 1.33 bits per heavy atom. The van der Waals surface area contributed by atoms with Crippen LogP contribution in [0.25, 0.3) is 0 Å². The third-order valence-electron chi connectivity index (χ3n) is 4.42. The highest BCUT2D eigenvalue weighted by Crippen LogP contribution is 2.21. The Hall–Kier alpha value is -1.82. The average molecular weight is 333 g/mol. The van der Waals surface area contributed by atoms with E-state index in [1.54, 1.807) is 14.2 Å². The fourth-order valence-corrected chi connectivity index (χ4v) is 2.78. The van der Waals surface area contributed by atoms with Crippen LogP contribution < -0.4 is 15.5 Å². The van der Waals surface area contributed by atoms with Crippen molar-refractivity contribution in [1.82, 2.24) is 15.6 Å². The first-order valence-corrected chi connectivity index (χ1v) is 8.86. The summed E-state index contributed by atoms with van der Waals surface area (Å²) in [6.07, 6.45) is 5.44. The average Bonchev–Trinajstić information content (AvgIpc) is 2.62. The van der Waals surface area contributed by atoms with Crippen LogP contribution in [0.3, 0.4) is 0 Å². The number of ether oxygens (including phenoxy) is 1. The Kier molecular flexibility index (Phi) is 7.82. The number of nitrogens with zero attached hydrogens (tertiary/aromatic N) is 3. The molecule has 0 aliphatic carbocycles. The number of rotatable bonds is 7. The molecule has 0 spiro atoms. The predicted octanol–water partition coefficient (Wildman–Crippen LogP) is 2.02. The lowest BCUT2D eigenvalue weighted by Crippen LogP contribution is -2.37. The van der Waals surface area contributed by atoms with Crippen LogP contribution in [-0.2, 0) is 11.3 Å². The lowest BCUT2D eigenvalue weighted by molar-refractivity contribution is 0.195. The quantitative estimate of drug-likeness (QED) is 0.454. The summed E-state index contributed by atoms with van der Waals surface area (Å²) in [5.41, 5.74) is 1.16. The van der Waals surface area contributed by atoms with Crippen molar-refractivity contribution in [2.45, 2.75) is 32.7 Å². The molecule has 1 aliphatic heterocycles. The van der Waals surface area contributed by atoms with Crippen LogP contribution in [0.15, 0.2) is 23.3 Å². The van der Waals surface area contributed by atoms with Crippen LogP contribution in [0.4, 0.5) is 5.82 Å². The molecule has 0 bridgehead atoms. The smallest absolute Gasteiger partial charge is 0.191 e. The third-order valence-corrected chi connectivity index (χ3v) is 4.42. The largest absolute Gasteiger partial charge is 0.385 e. The molecule has 0 aromatic carbocycles. The minimum Gasteiger partial charge on any atom is -0.385 e. The molecule has 2 heterocycles. The van der Waals surface area contributed by atoms with E-state index in [1.165, 1.54) is 12.8 Å². The molecular formula is C18H31N5O. The summed E-state index contributed by atoms with van der Waals surface area (Å²) in [5.74, 6) is 2.74. The van der Waals surface area contributed by atoms with Crippen LogP contribution in [0.5, 0.6) is 0 Å². The lowest BCUT2D eigenvalue weighted by atomic mass is 9.99. The van der Waals surface area contributed by atoms with Crippen molar-refractivity contribution in [2.24, 2.45) is 10.9 Å². The second-order valence-corrected chi connectivity index (χ2v) is 6.39. The van der Waals surface area contributed by atoms with Gasteiger partial charge in [0, 0.05) is 53.1 Å².